The maximum absolute atomic E-state index is 9.09. The van der Waals surface area contributed by atoms with Gasteiger partial charge in [0, 0.05) is 12.6 Å². The summed E-state index contributed by atoms with van der Waals surface area (Å²) in [6.45, 7) is 12.8. The van der Waals surface area contributed by atoms with Gasteiger partial charge in [-0.3, -0.25) is 0 Å². The predicted octanol–water partition coefficient (Wildman–Crippen LogP) is 3.84. The lowest BCUT2D eigenvalue weighted by atomic mass is 9.94. The van der Waals surface area contributed by atoms with Gasteiger partial charge in [0.15, 0.2) is 0 Å². The quantitative estimate of drug-likeness (QED) is 0.589. The highest BCUT2D eigenvalue weighted by Gasteiger charge is 2.14. The molecular formula is C16H35NO. The molecule has 0 aromatic heterocycles. The van der Waals surface area contributed by atoms with Crippen LogP contribution in [-0.2, 0) is 0 Å². The van der Waals surface area contributed by atoms with E-state index >= 15 is 0 Å². The van der Waals surface area contributed by atoms with Gasteiger partial charge in [0.25, 0.3) is 0 Å². The maximum Gasteiger partial charge on any atom is 0.0434 e. The topological polar surface area (TPSA) is 32.3 Å². The van der Waals surface area contributed by atoms with Gasteiger partial charge in [-0.1, -0.05) is 41.0 Å². The number of rotatable bonds is 11. The van der Waals surface area contributed by atoms with Crippen molar-refractivity contribution in [3.05, 3.63) is 0 Å². The summed E-state index contributed by atoms with van der Waals surface area (Å²) in [6, 6.07) is 0.642. The van der Waals surface area contributed by atoms with Crippen LogP contribution in [0.25, 0.3) is 0 Å². The van der Waals surface area contributed by atoms with E-state index in [0.29, 0.717) is 18.6 Å². The summed E-state index contributed by atoms with van der Waals surface area (Å²) in [5, 5.41) is 12.8. The van der Waals surface area contributed by atoms with Crippen LogP contribution in [0.2, 0.25) is 0 Å². The van der Waals surface area contributed by atoms with Gasteiger partial charge >= 0.3 is 0 Å². The molecule has 0 saturated carbocycles. The van der Waals surface area contributed by atoms with Crippen LogP contribution in [0.5, 0.6) is 0 Å². The monoisotopic (exact) mass is 257 g/mol. The van der Waals surface area contributed by atoms with E-state index in [9.17, 15) is 0 Å². The molecule has 0 aliphatic heterocycles. The minimum Gasteiger partial charge on any atom is -0.396 e. The molecule has 1 atom stereocenters. The Morgan fingerprint density at radius 2 is 1.50 bits per heavy atom. The highest BCUT2D eigenvalue weighted by Crippen LogP contribution is 2.15. The SMILES string of the molecule is CCCC(CCO)CNC(CC(C)C)CC(C)C. The zero-order chi connectivity index (χ0) is 14.0. The van der Waals surface area contributed by atoms with Crippen LogP contribution in [0.3, 0.4) is 0 Å². The lowest BCUT2D eigenvalue weighted by Crippen LogP contribution is -2.35. The second-order valence-corrected chi connectivity index (χ2v) is 6.53. The Morgan fingerprint density at radius 3 is 1.89 bits per heavy atom. The molecule has 0 rings (SSSR count). The summed E-state index contributed by atoms with van der Waals surface area (Å²) in [4.78, 5) is 0. The van der Waals surface area contributed by atoms with Crippen LogP contribution < -0.4 is 5.32 Å². The van der Waals surface area contributed by atoms with E-state index in [0.717, 1.165) is 24.8 Å². The van der Waals surface area contributed by atoms with E-state index in [-0.39, 0.29) is 0 Å². The lowest BCUT2D eigenvalue weighted by Gasteiger charge is -2.25. The normalized spacial score (nSPS) is 13.8. The number of aliphatic hydroxyl groups is 1. The first-order valence-electron chi connectivity index (χ1n) is 7.83. The third kappa shape index (κ3) is 9.90. The van der Waals surface area contributed by atoms with Crippen molar-refractivity contribution in [2.24, 2.45) is 17.8 Å². The predicted molar refractivity (Wildman–Crippen MR) is 80.8 cm³/mol. The fourth-order valence-electron chi connectivity index (χ4n) is 2.67. The third-order valence-corrected chi connectivity index (χ3v) is 3.44. The zero-order valence-electron chi connectivity index (χ0n) is 13.2. The molecule has 0 aliphatic carbocycles. The van der Waals surface area contributed by atoms with Gasteiger partial charge in [-0.15, -0.1) is 0 Å². The van der Waals surface area contributed by atoms with Crippen LogP contribution in [0, 0.1) is 17.8 Å². The van der Waals surface area contributed by atoms with E-state index in [1.165, 1.54) is 25.7 Å². The molecule has 0 saturated heterocycles. The third-order valence-electron chi connectivity index (χ3n) is 3.44. The Bertz CT molecular complexity index is 164. The average Bonchev–Trinajstić information content (AvgIpc) is 2.24. The van der Waals surface area contributed by atoms with Crippen LogP contribution in [0.4, 0.5) is 0 Å². The Balaban J connectivity index is 4.11. The molecule has 0 aromatic carbocycles. The molecule has 0 aliphatic rings. The smallest absolute Gasteiger partial charge is 0.0434 e. The molecule has 0 heterocycles. The number of aliphatic hydroxyl groups excluding tert-OH is 1. The van der Waals surface area contributed by atoms with Crippen molar-refractivity contribution in [1.29, 1.82) is 0 Å². The second kappa shape index (κ2) is 10.8. The van der Waals surface area contributed by atoms with E-state index < -0.39 is 0 Å². The van der Waals surface area contributed by atoms with Gasteiger partial charge in [0.2, 0.25) is 0 Å². The highest BCUT2D eigenvalue weighted by molar-refractivity contribution is 4.73. The first-order chi connectivity index (χ1) is 8.49. The molecule has 2 nitrogen and oxygen atoms in total. The molecule has 2 heteroatoms. The lowest BCUT2D eigenvalue weighted by molar-refractivity contribution is 0.240. The Morgan fingerprint density at radius 1 is 0.944 bits per heavy atom. The molecule has 2 N–H and O–H groups in total. The Labute approximate surface area is 115 Å². The first kappa shape index (κ1) is 17.9. The van der Waals surface area contributed by atoms with Gasteiger partial charge < -0.3 is 10.4 Å². The summed E-state index contributed by atoms with van der Waals surface area (Å²) >= 11 is 0. The van der Waals surface area contributed by atoms with Crippen molar-refractivity contribution in [3.8, 4) is 0 Å². The second-order valence-electron chi connectivity index (χ2n) is 6.53. The van der Waals surface area contributed by atoms with Crippen molar-refractivity contribution in [2.45, 2.75) is 72.8 Å². The van der Waals surface area contributed by atoms with Crippen LogP contribution >= 0.6 is 0 Å². The van der Waals surface area contributed by atoms with Gasteiger partial charge in [-0.2, -0.15) is 0 Å². The van der Waals surface area contributed by atoms with Gasteiger partial charge in [-0.25, -0.2) is 0 Å². The van der Waals surface area contributed by atoms with E-state index in [1.807, 2.05) is 0 Å². The zero-order valence-corrected chi connectivity index (χ0v) is 13.2. The molecule has 18 heavy (non-hydrogen) atoms. The first-order valence-corrected chi connectivity index (χ1v) is 7.83. The van der Waals surface area contributed by atoms with Crippen molar-refractivity contribution >= 4 is 0 Å². The molecule has 110 valence electrons. The largest absolute Gasteiger partial charge is 0.396 e. The summed E-state index contributed by atoms with van der Waals surface area (Å²) in [7, 11) is 0. The fourth-order valence-corrected chi connectivity index (χ4v) is 2.67. The van der Waals surface area contributed by atoms with Gasteiger partial charge in [0.1, 0.15) is 0 Å². The summed E-state index contributed by atoms with van der Waals surface area (Å²) in [6.07, 6.45) is 5.90. The molecule has 0 amide bonds. The number of hydrogen-bond acceptors (Lipinski definition) is 2. The van der Waals surface area contributed by atoms with Gasteiger partial charge in [-0.05, 0) is 50.0 Å². The molecular weight excluding hydrogens is 222 g/mol. The molecule has 0 radical (unpaired) electrons. The van der Waals surface area contributed by atoms with Crippen molar-refractivity contribution in [1.82, 2.24) is 5.32 Å². The standard InChI is InChI=1S/C16H35NO/c1-6-7-15(8-9-18)12-17-16(10-13(2)3)11-14(4)5/h13-18H,6-12H2,1-5H3. The Kier molecular flexibility index (Phi) is 10.8. The van der Waals surface area contributed by atoms with Crippen LogP contribution in [0.15, 0.2) is 0 Å². The van der Waals surface area contributed by atoms with E-state index in [1.54, 1.807) is 0 Å². The average molecular weight is 257 g/mol. The van der Waals surface area contributed by atoms with Crippen molar-refractivity contribution < 1.29 is 5.11 Å². The van der Waals surface area contributed by atoms with E-state index in [4.69, 9.17) is 5.11 Å². The molecule has 0 spiro atoms. The van der Waals surface area contributed by atoms with Crippen LogP contribution in [-0.4, -0.2) is 24.3 Å². The summed E-state index contributed by atoms with van der Waals surface area (Å²) in [5.41, 5.74) is 0. The minimum absolute atomic E-state index is 0.325. The van der Waals surface area contributed by atoms with E-state index in [2.05, 4.69) is 39.9 Å². The number of nitrogens with one attached hydrogen (secondary N) is 1. The van der Waals surface area contributed by atoms with Crippen molar-refractivity contribution in [2.75, 3.05) is 13.2 Å². The summed E-state index contributed by atoms with van der Waals surface area (Å²) < 4.78 is 0. The summed E-state index contributed by atoms with van der Waals surface area (Å²) in [5.74, 6) is 2.15. The molecule has 0 aromatic rings. The number of hydrogen-bond donors (Lipinski definition) is 2. The molecule has 1 unspecified atom stereocenters. The Hall–Kier alpha value is -0.0800. The van der Waals surface area contributed by atoms with Crippen LogP contribution in [0.1, 0.15) is 66.7 Å². The minimum atomic E-state index is 0.325. The molecule has 0 bridgehead atoms. The highest BCUT2D eigenvalue weighted by atomic mass is 16.3. The fraction of sp³-hybridized carbons (Fsp3) is 1.00. The van der Waals surface area contributed by atoms with Gasteiger partial charge in [0.05, 0.1) is 0 Å². The van der Waals surface area contributed by atoms with Crippen molar-refractivity contribution in [3.63, 3.8) is 0 Å². The maximum atomic E-state index is 9.09. The molecule has 0 fully saturated rings.